The fraction of sp³-hybridized carbons (Fsp3) is 0.222. The lowest BCUT2D eigenvalue weighted by molar-refractivity contribution is 0.252. The van der Waals surface area contributed by atoms with Crippen molar-refractivity contribution in [3.05, 3.63) is 40.5 Å². The Balaban J connectivity index is 2.40. The SMILES string of the molecule is [N-]=[N+]=NCCNC(=O)Nc1ccccc1F. The summed E-state index contributed by atoms with van der Waals surface area (Å²) in [4.78, 5) is 13.7. The molecule has 0 radical (unpaired) electrons. The van der Waals surface area contributed by atoms with Crippen molar-refractivity contribution in [2.24, 2.45) is 5.11 Å². The second-order valence-electron chi connectivity index (χ2n) is 2.82. The molecule has 2 amide bonds. The number of carbonyl (C=O) groups excluding carboxylic acids is 1. The topological polar surface area (TPSA) is 89.9 Å². The van der Waals surface area contributed by atoms with Gasteiger partial charge in [0.2, 0.25) is 0 Å². The molecule has 0 heterocycles. The normalized spacial score (nSPS) is 9.06. The minimum absolute atomic E-state index is 0.101. The Labute approximate surface area is 91.1 Å². The Bertz CT molecular complexity index is 416. The average Bonchev–Trinajstić information content (AvgIpc) is 2.28. The van der Waals surface area contributed by atoms with Gasteiger partial charge in [0.15, 0.2) is 0 Å². The number of nitrogens with one attached hydrogen (secondary N) is 2. The number of hydrogen-bond donors (Lipinski definition) is 2. The van der Waals surface area contributed by atoms with Gasteiger partial charge in [0, 0.05) is 18.0 Å². The second-order valence-corrected chi connectivity index (χ2v) is 2.82. The van der Waals surface area contributed by atoms with Crippen molar-refractivity contribution in [3.8, 4) is 0 Å². The summed E-state index contributed by atoms with van der Waals surface area (Å²) in [5, 5.41) is 7.97. The summed E-state index contributed by atoms with van der Waals surface area (Å²) in [6, 6.07) is 5.29. The van der Waals surface area contributed by atoms with E-state index in [9.17, 15) is 9.18 Å². The maximum Gasteiger partial charge on any atom is 0.319 e. The van der Waals surface area contributed by atoms with Crippen molar-refractivity contribution in [1.82, 2.24) is 5.32 Å². The van der Waals surface area contributed by atoms with Gasteiger partial charge in [-0.05, 0) is 17.7 Å². The van der Waals surface area contributed by atoms with Gasteiger partial charge < -0.3 is 10.6 Å². The van der Waals surface area contributed by atoms with Gasteiger partial charge in [-0.3, -0.25) is 0 Å². The van der Waals surface area contributed by atoms with Crippen LogP contribution < -0.4 is 10.6 Å². The highest BCUT2D eigenvalue weighted by atomic mass is 19.1. The quantitative estimate of drug-likeness (QED) is 0.348. The van der Waals surface area contributed by atoms with E-state index >= 15 is 0 Å². The third-order valence-electron chi connectivity index (χ3n) is 1.68. The number of rotatable bonds is 4. The molecule has 0 aliphatic rings. The van der Waals surface area contributed by atoms with Gasteiger partial charge in [0.05, 0.1) is 5.69 Å². The number of anilines is 1. The molecule has 0 atom stereocenters. The standard InChI is InChI=1S/C9H10FN5O/c10-7-3-1-2-4-8(7)14-9(16)12-5-6-13-15-11/h1-4H,5-6H2,(H2,12,14,16). The van der Waals surface area contributed by atoms with Crippen LogP contribution in [0.4, 0.5) is 14.9 Å². The molecule has 0 aliphatic heterocycles. The van der Waals surface area contributed by atoms with Gasteiger partial charge >= 0.3 is 6.03 Å². The molecular formula is C9H10FN5O. The van der Waals surface area contributed by atoms with E-state index in [0.29, 0.717) is 0 Å². The molecule has 0 bridgehead atoms. The van der Waals surface area contributed by atoms with Crippen molar-refractivity contribution in [3.63, 3.8) is 0 Å². The summed E-state index contributed by atoms with van der Waals surface area (Å²) in [6.45, 7) is 0.353. The van der Waals surface area contributed by atoms with Gasteiger partial charge in [0.1, 0.15) is 5.82 Å². The Morgan fingerprint density at radius 1 is 1.50 bits per heavy atom. The molecule has 2 N–H and O–H groups in total. The Kier molecular flexibility index (Phi) is 4.62. The molecule has 16 heavy (non-hydrogen) atoms. The summed E-state index contributed by atoms with van der Waals surface area (Å²) < 4.78 is 13.1. The molecule has 0 aromatic heterocycles. The Morgan fingerprint density at radius 2 is 2.25 bits per heavy atom. The summed E-state index contributed by atoms with van der Waals surface area (Å²) >= 11 is 0. The van der Waals surface area contributed by atoms with Gasteiger partial charge in [0.25, 0.3) is 0 Å². The van der Waals surface area contributed by atoms with Gasteiger partial charge in [-0.2, -0.15) is 0 Å². The van der Waals surface area contributed by atoms with Crippen LogP contribution in [0, 0.1) is 5.82 Å². The van der Waals surface area contributed by atoms with E-state index in [-0.39, 0.29) is 18.8 Å². The molecule has 0 fully saturated rings. The number of para-hydroxylation sites is 1. The number of amides is 2. The van der Waals surface area contributed by atoms with Crippen molar-refractivity contribution in [1.29, 1.82) is 0 Å². The van der Waals surface area contributed by atoms with Crippen LogP contribution in [0.3, 0.4) is 0 Å². The van der Waals surface area contributed by atoms with Crippen LogP contribution in [-0.4, -0.2) is 19.1 Å². The van der Waals surface area contributed by atoms with E-state index in [0.717, 1.165) is 0 Å². The number of hydrogen-bond acceptors (Lipinski definition) is 2. The third kappa shape index (κ3) is 3.85. The zero-order valence-corrected chi connectivity index (χ0v) is 8.35. The summed E-state index contributed by atoms with van der Waals surface area (Å²) in [5.74, 6) is -0.507. The number of urea groups is 1. The highest BCUT2D eigenvalue weighted by Gasteiger charge is 2.04. The molecule has 0 saturated carbocycles. The zero-order valence-electron chi connectivity index (χ0n) is 8.35. The van der Waals surface area contributed by atoms with Crippen LogP contribution in [0.2, 0.25) is 0 Å². The maximum absolute atomic E-state index is 13.1. The minimum atomic E-state index is -0.543. The largest absolute Gasteiger partial charge is 0.338 e. The van der Waals surface area contributed by atoms with E-state index in [2.05, 4.69) is 20.7 Å². The molecular weight excluding hydrogens is 213 g/mol. The van der Waals surface area contributed by atoms with Crippen molar-refractivity contribution >= 4 is 11.7 Å². The molecule has 6 nitrogen and oxygen atoms in total. The highest BCUT2D eigenvalue weighted by Crippen LogP contribution is 2.11. The minimum Gasteiger partial charge on any atom is -0.338 e. The van der Waals surface area contributed by atoms with E-state index in [1.165, 1.54) is 18.2 Å². The smallest absolute Gasteiger partial charge is 0.319 e. The van der Waals surface area contributed by atoms with Crippen LogP contribution >= 0.6 is 0 Å². The summed E-state index contributed by atoms with van der Waals surface area (Å²) in [7, 11) is 0. The lowest BCUT2D eigenvalue weighted by Gasteiger charge is -2.06. The molecule has 1 aromatic rings. The predicted molar refractivity (Wildman–Crippen MR) is 57.4 cm³/mol. The van der Waals surface area contributed by atoms with Gasteiger partial charge in [-0.1, -0.05) is 17.2 Å². The molecule has 0 aliphatic carbocycles. The fourth-order valence-corrected chi connectivity index (χ4v) is 0.993. The molecule has 7 heteroatoms. The fourth-order valence-electron chi connectivity index (χ4n) is 0.993. The number of carbonyl (C=O) groups is 1. The second kappa shape index (κ2) is 6.26. The van der Waals surface area contributed by atoms with Crippen LogP contribution in [0.5, 0.6) is 0 Å². The van der Waals surface area contributed by atoms with E-state index in [1.54, 1.807) is 6.07 Å². The summed E-state index contributed by atoms with van der Waals surface area (Å²) in [6.07, 6.45) is 0. The van der Waals surface area contributed by atoms with Crippen LogP contribution in [0.15, 0.2) is 29.4 Å². The first-order valence-corrected chi connectivity index (χ1v) is 4.54. The number of azide groups is 1. The average molecular weight is 223 g/mol. The molecule has 84 valence electrons. The van der Waals surface area contributed by atoms with E-state index in [1.807, 2.05) is 0 Å². The zero-order chi connectivity index (χ0) is 11.8. The maximum atomic E-state index is 13.1. The molecule has 1 rings (SSSR count). The van der Waals surface area contributed by atoms with Crippen molar-refractivity contribution < 1.29 is 9.18 Å². The van der Waals surface area contributed by atoms with Crippen LogP contribution in [-0.2, 0) is 0 Å². The first-order chi connectivity index (χ1) is 7.74. The number of nitrogens with zero attached hydrogens (tertiary/aromatic N) is 3. The molecule has 1 aromatic carbocycles. The molecule has 0 spiro atoms. The monoisotopic (exact) mass is 223 g/mol. The first-order valence-electron chi connectivity index (χ1n) is 4.54. The lowest BCUT2D eigenvalue weighted by Crippen LogP contribution is -2.30. The van der Waals surface area contributed by atoms with Crippen LogP contribution in [0.1, 0.15) is 0 Å². The lowest BCUT2D eigenvalue weighted by atomic mass is 10.3. The Morgan fingerprint density at radius 3 is 2.94 bits per heavy atom. The molecule has 0 saturated heterocycles. The molecule has 0 unspecified atom stereocenters. The van der Waals surface area contributed by atoms with Crippen LogP contribution in [0.25, 0.3) is 10.4 Å². The number of benzene rings is 1. The highest BCUT2D eigenvalue weighted by molar-refractivity contribution is 5.89. The summed E-state index contributed by atoms with van der Waals surface area (Å²) in [5.41, 5.74) is 8.08. The number of halogens is 1. The van der Waals surface area contributed by atoms with Crippen molar-refractivity contribution in [2.75, 3.05) is 18.4 Å². The predicted octanol–water partition coefficient (Wildman–Crippen LogP) is 2.26. The van der Waals surface area contributed by atoms with Gasteiger partial charge in [-0.25, -0.2) is 9.18 Å². The van der Waals surface area contributed by atoms with Crippen molar-refractivity contribution in [2.45, 2.75) is 0 Å². The van der Waals surface area contributed by atoms with E-state index < -0.39 is 11.8 Å². The van der Waals surface area contributed by atoms with Gasteiger partial charge in [-0.15, -0.1) is 0 Å². The Hall–Kier alpha value is -2.27. The first kappa shape index (κ1) is 11.8. The van der Waals surface area contributed by atoms with E-state index in [4.69, 9.17) is 5.53 Å². The third-order valence-corrected chi connectivity index (χ3v) is 1.68.